The quantitative estimate of drug-likeness (QED) is 0.0899. The number of carbonyl (C=O) groups is 5. The Kier molecular flexibility index (Phi) is 15.0. The third-order valence-electron chi connectivity index (χ3n) is 9.24. The van der Waals surface area contributed by atoms with Crippen LogP contribution in [0.1, 0.15) is 61.0 Å². The van der Waals surface area contributed by atoms with Crippen molar-refractivity contribution in [3.63, 3.8) is 0 Å². The standard InChI is InChI=1S/C43H45F3N2O6/c1-28(41(53)47-36(23-18-29(2)49)40(52)43(44,45)46)24-39(51)37(26-31-14-8-4-9-15-31)48-42(54)35(25-30-12-6-3-7-13-30)27-38(50)34-21-19-33(20-22-34)32-16-10-5-11-17-32/h3-17,19-22,28,35-37,40,52H,18,23-27H2,1-2H3,(H,47,53)(H,48,54)/t28-,35-,36?,37+,40?/m1/s1. The molecular weight excluding hydrogens is 697 g/mol. The lowest BCUT2D eigenvalue weighted by Gasteiger charge is -2.27. The highest BCUT2D eigenvalue weighted by atomic mass is 19.4. The average Bonchev–Trinajstić information content (AvgIpc) is 3.16. The first-order chi connectivity index (χ1) is 25.7. The Labute approximate surface area is 313 Å². The minimum atomic E-state index is -5.05. The molecule has 0 spiro atoms. The van der Waals surface area contributed by atoms with Crippen molar-refractivity contribution in [3.05, 3.63) is 132 Å². The predicted octanol–water partition coefficient (Wildman–Crippen LogP) is 6.89. The molecule has 4 aromatic rings. The normalized spacial score (nSPS) is 14.2. The van der Waals surface area contributed by atoms with Crippen LogP contribution in [0.15, 0.2) is 115 Å². The van der Waals surface area contributed by atoms with Crippen molar-refractivity contribution in [2.45, 2.75) is 76.7 Å². The molecule has 4 aromatic carbocycles. The van der Waals surface area contributed by atoms with Gasteiger partial charge in [-0.05, 0) is 48.4 Å². The Balaban J connectivity index is 1.52. The third kappa shape index (κ3) is 12.6. The topological polar surface area (TPSA) is 130 Å². The van der Waals surface area contributed by atoms with E-state index in [2.05, 4.69) is 10.6 Å². The van der Waals surface area contributed by atoms with E-state index in [1.807, 2.05) is 72.8 Å². The number of rotatable bonds is 19. The summed E-state index contributed by atoms with van der Waals surface area (Å²) in [5.74, 6) is -4.71. The van der Waals surface area contributed by atoms with Gasteiger partial charge in [-0.25, -0.2) is 0 Å². The van der Waals surface area contributed by atoms with E-state index in [4.69, 9.17) is 0 Å². The fraction of sp³-hybridized carbons (Fsp3) is 0.326. The Bertz CT molecular complexity index is 1850. The van der Waals surface area contributed by atoms with E-state index in [-0.39, 0.29) is 31.5 Å². The maximum absolute atomic E-state index is 14.1. The molecule has 0 bridgehead atoms. The number of hydrogen-bond acceptors (Lipinski definition) is 6. The molecule has 54 heavy (non-hydrogen) atoms. The second-order valence-electron chi connectivity index (χ2n) is 13.6. The van der Waals surface area contributed by atoms with Crippen molar-refractivity contribution in [1.82, 2.24) is 10.6 Å². The second-order valence-corrected chi connectivity index (χ2v) is 13.6. The third-order valence-corrected chi connectivity index (χ3v) is 9.24. The summed E-state index contributed by atoms with van der Waals surface area (Å²) in [5, 5.41) is 14.9. The van der Waals surface area contributed by atoms with Gasteiger partial charge in [-0.2, -0.15) is 13.2 Å². The zero-order valence-corrected chi connectivity index (χ0v) is 30.2. The lowest BCUT2D eigenvalue weighted by Crippen LogP contribution is -2.52. The Hall–Kier alpha value is -5.42. The fourth-order valence-corrected chi connectivity index (χ4v) is 6.12. The van der Waals surface area contributed by atoms with Crippen LogP contribution in [0.5, 0.6) is 0 Å². The Morgan fingerprint density at radius 1 is 0.667 bits per heavy atom. The van der Waals surface area contributed by atoms with Gasteiger partial charge >= 0.3 is 6.18 Å². The summed E-state index contributed by atoms with van der Waals surface area (Å²) in [7, 11) is 0. The SMILES string of the molecule is CC(=O)CCC(NC(=O)[C@H](C)CC(=O)[C@H](Cc1ccccc1)NC(=O)[C@@H](CC(=O)c1ccc(-c2ccccc2)cc1)Cc1ccccc1)C(O)C(F)(F)F. The molecule has 2 unspecified atom stereocenters. The fourth-order valence-electron chi connectivity index (χ4n) is 6.12. The van der Waals surface area contributed by atoms with Crippen LogP contribution in [0.4, 0.5) is 13.2 Å². The Morgan fingerprint density at radius 3 is 1.72 bits per heavy atom. The van der Waals surface area contributed by atoms with Crippen molar-refractivity contribution in [3.8, 4) is 11.1 Å². The highest BCUT2D eigenvalue weighted by Gasteiger charge is 2.44. The van der Waals surface area contributed by atoms with Crippen LogP contribution in [0.25, 0.3) is 11.1 Å². The highest BCUT2D eigenvalue weighted by Crippen LogP contribution is 2.26. The van der Waals surface area contributed by atoms with Crippen LogP contribution in [0.3, 0.4) is 0 Å². The van der Waals surface area contributed by atoms with Crippen LogP contribution < -0.4 is 10.6 Å². The second kappa shape index (κ2) is 19.6. The van der Waals surface area contributed by atoms with Crippen LogP contribution in [-0.2, 0) is 32.0 Å². The van der Waals surface area contributed by atoms with Crippen LogP contribution in [0.2, 0.25) is 0 Å². The first-order valence-corrected chi connectivity index (χ1v) is 17.9. The summed E-state index contributed by atoms with van der Waals surface area (Å²) < 4.78 is 40.1. The molecule has 284 valence electrons. The summed E-state index contributed by atoms with van der Waals surface area (Å²) in [6.07, 6.45) is -9.06. The summed E-state index contributed by atoms with van der Waals surface area (Å²) >= 11 is 0. The largest absolute Gasteiger partial charge is 0.416 e. The predicted molar refractivity (Wildman–Crippen MR) is 199 cm³/mol. The molecule has 0 aliphatic carbocycles. The number of benzene rings is 4. The molecule has 2 amide bonds. The number of amides is 2. The minimum Gasteiger partial charge on any atom is -0.382 e. The van der Waals surface area contributed by atoms with Crippen LogP contribution >= 0.6 is 0 Å². The van der Waals surface area contributed by atoms with E-state index in [1.54, 1.807) is 42.5 Å². The first-order valence-electron chi connectivity index (χ1n) is 17.9. The van der Waals surface area contributed by atoms with E-state index < -0.39 is 72.4 Å². The number of Topliss-reactive ketones (excluding diaryl/α,β-unsaturated/α-hetero) is 3. The van der Waals surface area contributed by atoms with Gasteiger partial charge < -0.3 is 20.5 Å². The zero-order valence-electron chi connectivity index (χ0n) is 30.2. The molecular formula is C43H45F3N2O6. The Morgan fingerprint density at radius 2 is 1.19 bits per heavy atom. The average molecular weight is 743 g/mol. The summed E-state index contributed by atoms with van der Waals surface area (Å²) in [5.41, 5.74) is 3.86. The van der Waals surface area contributed by atoms with Gasteiger partial charge in [0.15, 0.2) is 17.7 Å². The smallest absolute Gasteiger partial charge is 0.382 e. The number of aliphatic hydroxyl groups is 1. The van der Waals surface area contributed by atoms with E-state index in [0.29, 0.717) is 11.1 Å². The van der Waals surface area contributed by atoms with Crippen molar-refractivity contribution in [1.29, 1.82) is 0 Å². The van der Waals surface area contributed by atoms with Gasteiger partial charge in [-0.3, -0.25) is 19.2 Å². The van der Waals surface area contributed by atoms with E-state index >= 15 is 0 Å². The molecule has 3 N–H and O–H groups in total. The first kappa shape index (κ1) is 41.3. The number of alkyl halides is 3. The van der Waals surface area contributed by atoms with Gasteiger partial charge in [0.2, 0.25) is 11.8 Å². The number of hydrogen-bond donors (Lipinski definition) is 3. The lowest BCUT2D eigenvalue weighted by molar-refractivity contribution is -0.213. The van der Waals surface area contributed by atoms with Crippen LogP contribution in [-0.4, -0.2) is 58.6 Å². The number of halogens is 3. The molecule has 0 aliphatic rings. The van der Waals surface area contributed by atoms with Gasteiger partial charge in [0.05, 0.1) is 12.1 Å². The van der Waals surface area contributed by atoms with Crippen molar-refractivity contribution >= 4 is 29.2 Å². The molecule has 8 nitrogen and oxygen atoms in total. The zero-order chi connectivity index (χ0) is 39.3. The minimum absolute atomic E-state index is 0.0563. The van der Waals surface area contributed by atoms with E-state index in [9.17, 15) is 42.3 Å². The maximum atomic E-state index is 14.1. The molecule has 0 saturated heterocycles. The maximum Gasteiger partial charge on any atom is 0.416 e. The molecule has 0 aromatic heterocycles. The number of carbonyl (C=O) groups excluding carboxylic acids is 5. The molecule has 0 aliphatic heterocycles. The molecule has 0 saturated carbocycles. The molecule has 5 atom stereocenters. The number of ketones is 3. The van der Waals surface area contributed by atoms with E-state index in [0.717, 1.165) is 16.7 Å². The van der Waals surface area contributed by atoms with Crippen LogP contribution in [0, 0.1) is 11.8 Å². The number of aliphatic hydroxyl groups excluding tert-OH is 1. The molecule has 0 heterocycles. The van der Waals surface area contributed by atoms with Gasteiger partial charge in [-0.15, -0.1) is 0 Å². The summed E-state index contributed by atoms with van der Waals surface area (Å²) in [6.45, 7) is 2.54. The number of nitrogens with one attached hydrogen (secondary N) is 2. The molecule has 0 fully saturated rings. The molecule has 0 radical (unpaired) electrons. The van der Waals surface area contributed by atoms with Gasteiger partial charge in [0, 0.05) is 36.7 Å². The van der Waals surface area contributed by atoms with Gasteiger partial charge in [0.25, 0.3) is 0 Å². The monoisotopic (exact) mass is 742 g/mol. The molecule has 11 heteroatoms. The summed E-state index contributed by atoms with van der Waals surface area (Å²) in [4.78, 5) is 66.1. The van der Waals surface area contributed by atoms with Crippen molar-refractivity contribution in [2.75, 3.05) is 0 Å². The van der Waals surface area contributed by atoms with E-state index in [1.165, 1.54) is 13.8 Å². The van der Waals surface area contributed by atoms with Crippen molar-refractivity contribution in [2.24, 2.45) is 11.8 Å². The van der Waals surface area contributed by atoms with Crippen molar-refractivity contribution < 1.29 is 42.3 Å². The van der Waals surface area contributed by atoms with Gasteiger partial charge in [-0.1, -0.05) is 122 Å². The molecule has 4 rings (SSSR count). The highest BCUT2D eigenvalue weighted by molar-refractivity contribution is 6.00. The summed E-state index contributed by atoms with van der Waals surface area (Å²) in [6, 6.07) is 31.9. The lowest BCUT2D eigenvalue weighted by atomic mass is 9.89. The van der Waals surface area contributed by atoms with Gasteiger partial charge in [0.1, 0.15) is 5.78 Å².